The van der Waals surface area contributed by atoms with Crippen LogP contribution in [0, 0.1) is 5.92 Å². The van der Waals surface area contributed by atoms with E-state index in [1.54, 1.807) is 6.20 Å². The van der Waals surface area contributed by atoms with Crippen molar-refractivity contribution < 1.29 is 0 Å². The second-order valence-corrected chi connectivity index (χ2v) is 4.52. The van der Waals surface area contributed by atoms with Crippen LogP contribution in [-0.2, 0) is 6.42 Å². The Balaban J connectivity index is 2.69. The van der Waals surface area contributed by atoms with Crippen LogP contribution in [-0.4, -0.2) is 17.0 Å². The van der Waals surface area contributed by atoms with Crippen molar-refractivity contribution in [1.29, 1.82) is 0 Å². The number of nitrogens with one attached hydrogen (secondary N) is 1. The third kappa shape index (κ3) is 3.25. The first-order valence-corrected chi connectivity index (χ1v) is 5.62. The summed E-state index contributed by atoms with van der Waals surface area (Å²) < 4.78 is 0.910. The maximum absolute atomic E-state index is 4.39. The first-order chi connectivity index (χ1) is 6.63. The van der Waals surface area contributed by atoms with E-state index in [4.69, 9.17) is 0 Å². The Bertz CT molecular complexity index is 299. The topological polar surface area (TPSA) is 37.8 Å². The van der Waals surface area contributed by atoms with E-state index < -0.39 is 0 Å². The van der Waals surface area contributed by atoms with Crippen molar-refractivity contribution >= 4 is 21.7 Å². The largest absolute Gasteiger partial charge is 0.372 e. The zero-order chi connectivity index (χ0) is 10.6. The van der Waals surface area contributed by atoms with Crippen LogP contribution in [0.4, 0.5) is 5.82 Å². The molecule has 0 aliphatic carbocycles. The number of hydrogen-bond acceptors (Lipinski definition) is 3. The molecule has 0 aliphatic heterocycles. The minimum Gasteiger partial charge on any atom is -0.372 e. The summed E-state index contributed by atoms with van der Waals surface area (Å²) in [6.07, 6.45) is 3.87. The lowest BCUT2D eigenvalue weighted by atomic mass is 10.1. The second kappa shape index (κ2) is 5.29. The summed E-state index contributed by atoms with van der Waals surface area (Å²) in [5.74, 6) is 2.46. The summed E-state index contributed by atoms with van der Waals surface area (Å²) in [6, 6.07) is 0. The van der Waals surface area contributed by atoms with Crippen LogP contribution in [0.5, 0.6) is 0 Å². The summed E-state index contributed by atoms with van der Waals surface area (Å²) >= 11 is 3.38. The molecule has 0 unspecified atom stereocenters. The zero-order valence-electron chi connectivity index (χ0n) is 8.84. The summed E-state index contributed by atoms with van der Waals surface area (Å²) in [7, 11) is 1.86. The molecular weight excluding hydrogens is 242 g/mol. The molecule has 0 radical (unpaired) electrons. The fraction of sp³-hybridized carbons (Fsp3) is 0.600. The average molecular weight is 258 g/mol. The molecule has 0 amide bonds. The van der Waals surface area contributed by atoms with Gasteiger partial charge in [0.2, 0.25) is 0 Å². The van der Waals surface area contributed by atoms with Gasteiger partial charge in [0.25, 0.3) is 0 Å². The second-order valence-electron chi connectivity index (χ2n) is 3.67. The normalized spacial score (nSPS) is 10.6. The minimum atomic E-state index is 0.695. The molecule has 0 atom stereocenters. The Morgan fingerprint density at radius 1 is 1.50 bits per heavy atom. The van der Waals surface area contributed by atoms with E-state index in [0.29, 0.717) is 5.92 Å². The van der Waals surface area contributed by atoms with Crippen LogP contribution in [0.25, 0.3) is 0 Å². The number of halogens is 1. The lowest BCUT2D eigenvalue weighted by Gasteiger charge is -2.06. The molecule has 14 heavy (non-hydrogen) atoms. The van der Waals surface area contributed by atoms with E-state index in [2.05, 4.69) is 45.1 Å². The third-order valence-corrected chi connectivity index (χ3v) is 2.56. The molecule has 0 bridgehead atoms. The van der Waals surface area contributed by atoms with Crippen molar-refractivity contribution in [1.82, 2.24) is 9.97 Å². The molecule has 0 fully saturated rings. The van der Waals surface area contributed by atoms with Gasteiger partial charge in [-0.25, -0.2) is 9.97 Å². The Hall–Kier alpha value is -0.640. The van der Waals surface area contributed by atoms with Crippen LogP contribution in [0.2, 0.25) is 0 Å². The first kappa shape index (κ1) is 11.4. The highest BCUT2D eigenvalue weighted by Gasteiger charge is 2.04. The van der Waals surface area contributed by atoms with E-state index in [9.17, 15) is 0 Å². The zero-order valence-corrected chi connectivity index (χ0v) is 10.4. The molecule has 0 saturated carbocycles. The van der Waals surface area contributed by atoms with Gasteiger partial charge in [-0.05, 0) is 28.3 Å². The molecule has 1 heterocycles. The van der Waals surface area contributed by atoms with Gasteiger partial charge in [-0.3, -0.25) is 0 Å². The van der Waals surface area contributed by atoms with Crippen molar-refractivity contribution in [2.24, 2.45) is 5.92 Å². The van der Waals surface area contributed by atoms with Gasteiger partial charge < -0.3 is 5.32 Å². The van der Waals surface area contributed by atoms with Gasteiger partial charge in [0.1, 0.15) is 11.6 Å². The van der Waals surface area contributed by atoms with Gasteiger partial charge in [0.05, 0.1) is 4.47 Å². The van der Waals surface area contributed by atoms with Crippen molar-refractivity contribution in [2.45, 2.75) is 26.7 Å². The lowest BCUT2D eigenvalue weighted by molar-refractivity contribution is 0.574. The van der Waals surface area contributed by atoms with E-state index in [1.165, 1.54) is 0 Å². The summed E-state index contributed by atoms with van der Waals surface area (Å²) in [5, 5.41) is 3.03. The molecule has 78 valence electrons. The van der Waals surface area contributed by atoms with E-state index in [0.717, 1.165) is 29.0 Å². The van der Waals surface area contributed by atoms with Crippen LogP contribution in [0.1, 0.15) is 26.1 Å². The molecule has 0 spiro atoms. The Kier molecular flexibility index (Phi) is 4.32. The highest BCUT2D eigenvalue weighted by atomic mass is 79.9. The van der Waals surface area contributed by atoms with Gasteiger partial charge >= 0.3 is 0 Å². The molecule has 1 aromatic rings. The van der Waals surface area contributed by atoms with Gasteiger partial charge in [-0.15, -0.1) is 0 Å². The monoisotopic (exact) mass is 257 g/mol. The molecule has 1 aromatic heterocycles. The number of aromatic nitrogens is 2. The Labute approximate surface area is 93.5 Å². The minimum absolute atomic E-state index is 0.695. The lowest BCUT2D eigenvalue weighted by Crippen LogP contribution is -2.02. The first-order valence-electron chi connectivity index (χ1n) is 4.82. The number of anilines is 1. The number of nitrogens with zero attached hydrogens (tertiary/aromatic N) is 2. The maximum atomic E-state index is 4.39. The SMILES string of the molecule is CNc1nc(CCC(C)C)ncc1Br. The highest BCUT2D eigenvalue weighted by Crippen LogP contribution is 2.18. The fourth-order valence-electron chi connectivity index (χ4n) is 1.12. The molecule has 0 aromatic carbocycles. The third-order valence-electron chi connectivity index (χ3n) is 1.98. The number of aryl methyl sites for hydroxylation is 1. The molecule has 3 nitrogen and oxygen atoms in total. The van der Waals surface area contributed by atoms with Crippen LogP contribution in [0.15, 0.2) is 10.7 Å². The maximum Gasteiger partial charge on any atom is 0.143 e. The van der Waals surface area contributed by atoms with Gasteiger partial charge in [0.15, 0.2) is 0 Å². The quantitative estimate of drug-likeness (QED) is 0.902. The summed E-state index contributed by atoms with van der Waals surface area (Å²) in [6.45, 7) is 4.41. The molecule has 1 N–H and O–H groups in total. The van der Waals surface area contributed by atoms with Crippen LogP contribution in [0.3, 0.4) is 0 Å². The fourth-order valence-corrected chi connectivity index (χ4v) is 1.51. The number of hydrogen-bond donors (Lipinski definition) is 1. The van der Waals surface area contributed by atoms with Gasteiger partial charge in [-0.2, -0.15) is 0 Å². The summed E-state index contributed by atoms with van der Waals surface area (Å²) in [5.41, 5.74) is 0. The van der Waals surface area contributed by atoms with Gasteiger partial charge in [-0.1, -0.05) is 13.8 Å². The van der Waals surface area contributed by atoms with Crippen molar-refractivity contribution in [3.63, 3.8) is 0 Å². The summed E-state index contributed by atoms with van der Waals surface area (Å²) in [4.78, 5) is 8.65. The number of rotatable bonds is 4. The van der Waals surface area contributed by atoms with Crippen LogP contribution >= 0.6 is 15.9 Å². The molecule has 1 rings (SSSR count). The van der Waals surface area contributed by atoms with Crippen molar-refractivity contribution in [2.75, 3.05) is 12.4 Å². The average Bonchev–Trinajstić information content (AvgIpc) is 2.16. The van der Waals surface area contributed by atoms with E-state index in [-0.39, 0.29) is 0 Å². The van der Waals surface area contributed by atoms with Crippen molar-refractivity contribution in [3.05, 3.63) is 16.5 Å². The molecule has 0 saturated heterocycles. The predicted octanol–water partition coefficient (Wildman–Crippen LogP) is 2.87. The van der Waals surface area contributed by atoms with Crippen LogP contribution < -0.4 is 5.32 Å². The van der Waals surface area contributed by atoms with E-state index in [1.807, 2.05) is 7.05 Å². The Morgan fingerprint density at radius 2 is 2.21 bits per heavy atom. The molecule has 0 aliphatic rings. The Morgan fingerprint density at radius 3 is 2.79 bits per heavy atom. The predicted molar refractivity (Wildman–Crippen MR) is 62.4 cm³/mol. The van der Waals surface area contributed by atoms with Gasteiger partial charge in [0, 0.05) is 19.7 Å². The highest BCUT2D eigenvalue weighted by molar-refractivity contribution is 9.10. The smallest absolute Gasteiger partial charge is 0.143 e. The van der Waals surface area contributed by atoms with Crippen molar-refractivity contribution in [3.8, 4) is 0 Å². The molecule has 4 heteroatoms. The standard InChI is InChI=1S/C10H16BrN3/c1-7(2)4-5-9-13-6-8(11)10(12-3)14-9/h6-7H,4-5H2,1-3H3,(H,12,13,14). The molecular formula is C10H16BrN3. The van der Waals surface area contributed by atoms with E-state index >= 15 is 0 Å².